The van der Waals surface area contributed by atoms with E-state index in [4.69, 9.17) is 22.1 Å². The van der Waals surface area contributed by atoms with E-state index in [-0.39, 0.29) is 0 Å². The molecule has 18 heavy (non-hydrogen) atoms. The van der Waals surface area contributed by atoms with E-state index in [0.717, 1.165) is 22.4 Å². The van der Waals surface area contributed by atoms with Crippen LogP contribution in [0.5, 0.6) is 5.75 Å². The Hall–Kier alpha value is -1.67. The van der Waals surface area contributed by atoms with Gasteiger partial charge in [-0.05, 0) is 42.7 Å². The van der Waals surface area contributed by atoms with Gasteiger partial charge in [-0.2, -0.15) is 0 Å². The molecule has 2 aromatic rings. The summed E-state index contributed by atoms with van der Waals surface area (Å²) in [5, 5.41) is 0.571. The number of anilines is 1. The Morgan fingerprint density at radius 1 is 1.11 bits per heavy atom. The van der Waals surface area contributed by atoms with Crippen molar-refractivity contribution < 1.29 is 4.74 Å². The maximum atomic E-state index is 5.94. The molecule has 0 atom stereocenters. The Kier molecular flexibility index (Phi) is 3.48. The first kappa shape index (κ1) is 12.8. The number of aryl methyl sites for hydroxylation is 1. The summed E-state index contributed by atoms with van der Waals surface area (Å²) in [5.41, 5.74) is 10.8. The van der Waals surface area contributed by atoms with Crippen LogP contribution in [0.25, 0.3) is 11.1 Å². The Morgan fingerprint density at radius 2 is 1.83 bits per heavy atom. The van der Waals surface area contributed by atoms with E-state index in [0.29, 0.717) is 10.7 Å². The third-order valence-electron chi connectivity index (χ3n) is 3.19. The highest BCUT2D eigenvalue weighted by Gasteiger charge is 2.11. The van der Waals surface area contributed by atoms with E-state index < -0.39 is 0 Å². The second-order valence-corrected chi connectivity index (χ2v) is 4.73. The molecule has 94 valence electrons. The van der Waals surface area contributed by atoms with Gasteiger partial charge in [-0.25, -0.2) is 0 Å². The minimum absolute atomic E-state index is 0.571. The maximum absolute atomic E-state index is 5.94. The Balaban J connectivity index is 2.63. The average Bonchev–Trinajstić information content (AvgIpc) is 2.36. The summed E-state index contributed by atoms with van der Waals surface area (Å²) in [6, 6.07) is 9.75. The van der Waals surface area contributed by atoms with Crippen LogP contribution in [0.2, 0.25) is 5.02 Å². The van der Waals surface area contributed by atoms with Crippen molar-refractivity contribution in [2.45, 2.75) is 13.8 Å². The molecule has 0 radical (unpaired) electrons. The SMILES string of the molecule is COc1c(-c2ccc(Cl)c(N)c2)ccc(C)c1C. The zero-order valence-corrected chi connectivity index (χ0v) is 11.5. The Morgan fingerprint density at radius 3 is 2.44 bits per heavy atom. The van der Waals surface area contributed by atoms with Crippen molar-refractivity contribution in [3.63, 3.8) is 0 Å². The summed E-state index contributed by atoms with van der Waals surface area (Å²) in [6.45, 7) is 4.12. The number of hydrogen-bond donors (Lipinski definition) is 1. The van der Waals surface area contributed by atoms with Crippen molar-refractivity contribution in [2.75, 3.05) is 12.8 Å². The van der Waals surface area contributed by atoms with Crippen LogP contribution in [0.1, 0.15) is 11.1 Å². The molecule has 2 nitrogen and oxygen atoms in total. The number of halogens is 1. The fourth-order valence-corrected chi connectivity index (χ4v) is 2.11. The Bertz CT molecular complexity index is 593. The van der Waals surface area contributed by atoms with Crippen molar-refractivity contribution in [2.24, 2.45) is 0 Å². The van der Waals surface area contributed by atoms with Crippen molar-refractivity contribution in [3.05, 3.63) is 46.5 Å². The number of ether oxygens (including phenoxy) is 1. The second-order valence-electron chi connectivity index (χ2n) is 4.32. The van der Waals surface area contributed by atoms with Gasteiger partial charge in [0.25, 0.3) is 0 Å². The number of nitrogen functional groups attached to an aromatic ring is 1. The predicted molar refractivity (Wildman–Crippen MR) is 77.3 cm³/mol. The lowest BCUT2D eigenvalue weighted by molar-refractivity contribution is 0.413. The van der Waals surface area contributed by atoms with Crippen molar-refractivity contribution in [3.8, 4) is 16.9 Å². The molecule has 2 aromatic carbocycles. The van der Waals surface area contributed by atoms with Crippen LogP contribution in [-0.2, 0) is 0 Å². The highest BCUT2D eigenvalue weighted by molar-refractivity contribution is 6.33. The van der Waals surface area contributed by atoms with Gasteiger partial charge in [-0.1, -0.05) is 29.8 Å². The standard InChI is InChI=1S/C15H16ClNO/c1-9-4-6-12(15(18-3)10(9)2)11-5-7-13(16)14(17)8-11/h4-8H,17H2,1-3H3. The normalized spacial score (nSPS) is 10.4. The number of nitrogens with two attached hydrogens (primary N) is 1. The molecule has 0 saturated heterocycles. The quantitative estimate of drug-likeness (QED) is 0.822. The third kappa shape index (κ3) is 2.16. The van der Waals surface area contributed by atoms with Gasteiger partial charge in [0, 0.05) is 5.56 Å². The van der Waals surface area contributed by atoms with Crippen molar-refractivity contribution >= 4 is 17.3 Å². The number of methoxy groups -OCH3 is 1. The van der Waals surface area contributed by atoms with Crippen LogP contribution < -0.4 is 10.5 Å². The van der Waals surface area contributed by atoms with E-state index in [1.54, 1.807) is 13.2 Å². The molecular formula is C15H16ClNO. The molecule has 2 rings (SSSR count). The summed E-state index contributed by atoms with van der Waals surface area (Å²) < 4.78 is 5.51. The molecule has 0 heterocycles. The lowest BCUT2D eigenvalue weighted by atomic mass is 9.98. The molecule has 0 aliphatic carbocycles. The molecule has 0 aromatic heterocycles. The summed E-state index contributed by atoms with van der Waals surface area (Å²) in [4.78, 5) is 0. The average molecular weight is 262 g/mol. The molecule has 0 aliphatic rings. The van der Waals surface area contributed by atoms with Gasteiger partial charge in [-0.3, -0.25) is 0 Å². The molecular weight excluding hydrogens is 246 g/mol. The second kappa shape index (κ2) is 4.91. The molecule has 3 heteroatoms. The summed E-state index contributed by atoms with van der Waals surface area (Å²) in [7, 11) is 1.69. The van der Waals surface area contributed by atoms with Crippen LogP contribution in [0, 0.1) is 13.8 Å². The molecule has 0 spiro atoms. The van der Waals surface area contributed by atoms with Gasteiger partial charge in [-0.15, -0.1) is 0 Å². The lowest BCUT2D eigenvalue weighted by Crippen LogP contribution is -1.94. The van der Waals surface area contributed by atoms with E-state index >= 15 is 0 Å². The van der Waals surface area contributed by atoms with Gasteiger partial charge in [0.2, 0.25) is 0 Å². The van der Waals surface area contributed by atoms with Gasteiger partial charge in [0.15, 0.2) is 0 Å². The van der Waals surface area contributed by atoms with E-state index in [2.05, 4.69) is 19.9 Å². The van der Waals surface area contributed by atoms with E-state index in [9.17, 15) is 0 Å². The van der Waals surface area contributed by atoms with Crippen LogP contribution in [0.15, 0.2) is 30.3 Å². The number of rotatable bonds is 2. The minimum Gasteiger partial charge on any atom is -0.496 e. The number of benzene rings is 2. The first-order chi connectivity index (χ1) is 8.54. The maximum Gasteiger partial charge on any atom is 0.129 e. The summed E-state index contributed by atoms with van der Waals surface area (Å²) in [5.74, 6) is 0.886. The van der Waals surface area contributed by atoms with Gasteiger partial charge < -0.3 is 10.5 Å². The molecule has 0 bridgehead atoms. The largest absolute Gasteiger partial charge is 0.496 e. The smallest absolute Gasteiger partial charge is 0.129 e. The van der Waals surface area contributed by atoms with Crippen LogP contribution >= 0.6 is 11.6 Å². The fraction of sp³-hybridized carbons (Fsp3) is 0.200. The topological polar surface area (TPSA) is 35.2 Å². The van der Waals surface area contributed by atoms with E-state index in [1.165, 1.54) is 5.56 Å². The zero-order valence-electron chi connectivity index (χ0n) is 10.8. The highest BCUT2D eigenvalue weighted by atomic mass is 35.5. The lowest BCUT2D eigenvalue weighted by Gasteiger charge is -2.14. The monoisotopic (exact) mass is 261 g/mol. The highest BCUT2D eigenvalue weighted by Crippen LogP contribution is 2.36. The molecule has 0 saturated carbocycles. The fourth-order valence-electron chi connectivity index (χ4n) is 1.99. The van der Waals surface area contributed by atoms with Gasteiger partial charge >= 0.3 is 0 Å². The van der Waals surface area contributed by atoms with Gasteiger partial charge in [0.05, 0.1) is 17.8 Å². The summed E-state index contributed by atoms with van der Waals surface area (Å²) >= 11 is 5.94. The van der Waals surface area contributed by atoms with Gasteiger partial charge in [0.1, 0.15) is 5.75 Å². The van der Waals surface area contributed by atoms with Crippen LogP contribution in [0.3, 0.4) is 0 Å². The Labute approximate surface area is 112 Å². The van der Waals surface area contributed by atoms with Crippen LogP contribution in [0.4, 0.5) is 5.69 Å². The number of hydrogen-bond acceptors (Lipinski definition) is 2. The molecule has 0 fully saturated rings. The minimum atomic E-state index is 0.571. The summed E-state index contributed by atoms with van der Waals surface area (Å²) in [6.07, 6.45) is 0. The first-order valence-electron chi connectivity index (χ1n) is 5.74. The molecule has 0 unspecified atom stereocenters. The molecule has 0 amide bonds. The molecule has 0 aliphatic heterocycles. The molecule has 2 N–H and O–H groups in total. The zero-order chi connectivity index (χ0) is 13.3. The first-order valence-corrected chi connectivity index (χ1v) is 6.12. The van der Waals surface area contributed by atoms with Crippen molar-refractivity contribution in [1.29, 1.82) is 0 Å². The van der Waals surface area contributed by atoms with Crippen molar-refractivity contribution in [1.82, 2.24) is 0 Å². The third-order valence-corrected chi connectivity index (χ3v) is 3.53. The van der Waals surface area contributed by atoms with E-state index in [1.807, 2.05) is 18.2 Å². The van der Waals surface area contributed by atoms with Crippen LogP contribution in [-0.4, -0.2) is 7.11 Å². The predicted octanol–water partition coefficient (Wildman–Crippen LogP) is 4.21.